The lowest BCUT2D eigenvalue weighted by Crippen LogP contribution is -2.53. The number of hydrogen-bond donors (Lipinski definition) is 1. The molecule has 19 heavy (non-hydrogen) atoms. The van der Waals surface area contributed by atoms with E-state index in [0.717, 1.165) is 5.56 Å². The van der Waals surface area contributed by atoms with Crippen molar-refractivity contribution >= 4 is 5.97 Å². The molecule has 1 aromatic carbocycles. The van der Waals surface area contributed by atoms with E-state index < -0.39 is 5.54 Å². The number of carbonyl (C=O) groups excluding carboxylic acids is 1. The molecule has 0 fully saturated rings. The van der Waals surface area contributed by atoms with E-state index in [1.165, 1.54) is 0 Å². The van der Waals surface area contributed by atoms with Crippen LogP contribution in [0, 0.1) is 0 Å². The van der Waals surface area contributed by atoms with Gasteiger partial charge in [0.15, 0.2) is 0 Å². The second-order valence-corrected chi connectivity index (χ2v) is 4.63. The van der Waals surface area contributed by atoms with Crippen LogP contribution in [-0.4, -0.2) is 38.4 Å². The number of rotatable bonds is 8. The van der Waals surface area contributed by atoms with Crippen LogP contribution in [0.25, 0.3) is 0 Å². The molecular formula is C15H23NO3. The van der Waals surface area contributed by atoms with Gasteiger partial charge in [-0.1, -0.05) is 30.3 Å². The van der Waals surface area contributed by atoms with Crippen molar-refractivity contribution in [3.63, 3.8) is 0 Å². The number of esters is 1. The predicted molar refractivity (Wildman–Crippen MR) is 75.1 cm³/mol. The Morgan fingerprint density at radius 3 is 2.58 bits per heavy atom. The van der Waals surface area contributed by atoms with Crippen LogP contribution < -0.4 is 5.32 Å². The number of methoxy groups -OCH3 is 1. The minimum Gasteiger partial charge on any atom is -0.465 e. The molecule has 106 valence electrons. The van der Waals surface area contributed by atoms with Crippen molar-refractivity contribution in [3.8, 4) is 0 Å². The van der Waals surface area contributed by atoms with E-state index in [0.29, 0.717) is 26.2 Å². The fourth-order valence-corrected chi connectivity index (χ4v) is 1.93. The van der Waals surface area contributed by atoms with Gasteiger partial charge in [-0.3, -0.25) is 10.1 Å². The molecule has 0 saturated heterocycles. The molecular weight excluding hydrogens is 242 g/mol. The molecule has 1 atom stereocenters. The van der Waals surface area contributed by atoms with Gasteiger partial charge < -0.3 is 9.47 Å². The Bertz CT molecular complexity index is 380. The van der Waals surface area contributed by atoms with Crippen molar-refractivity contribution in [2.24, 2.45) is 0 Å². The van der Waals surface area contributed by atoms with Crippen molar-refractivity contribution in [2.75, 3.05) is 26.9 Å². The molecule has 0 aliphatic heterocycles. The van der Waals surface area contributed by atoms with Crippen LogP contribution in [0.4, 0.5) is 0 Å². The quantitative estimate of drug-likeness (QED) is 0.575. The fourth-order valence-electron chi connectivity index (χ4n) is 1.93. The Kier molecular flexibility index (Phi) is 6.53. The number of ether oxygens (including phenoxy) is 2. The maximum atomic E-state index is 12.1. The normalized spacial score (nSPS) is 13.8. The van der Waals surface area contributed by atoms with Crippen LogP contribution in [0.5, 0.6) is 0 Å². The molecule has 1 N–H and O–H groups in total. The molecule has 0 amide bonds. The van der Waals surface area contributed by atoms with Gasteiger partial charge in [-0.15, -0.1) is 0 Å². The molecule has 4 nitrogen and oxygen atoms in total. The van der Waals surface area contributed by atoms with Crippen LogP contribution in [0.2, 0.25) is 0 Å². The molecule has 0 bridgehead atoms. The molecule has 1 rings (SSSR count). The molecule has 0 radical (unpaired) electrons. The Balaban J connectivity index is 2.75. The summed E-state index contributed by atoms with van der Waals surface area (Å²) in [6.45, 7) is 5.24. The number of benzene rings is 1. The second kappa shape index (κ2) is 7.92. The molecule has 0 aromatic heterocycles. The van der Waals surface area contributed by atoms with Crippen LogP contribution in [-0.2, 0) is 20.7 Å². The molecule has 4 heteroatoms. The zero-order valence-corrected chi connectivity index (χ0v) is 11.9. The topological polar surface area (TPSA) is 47.6 Å². The van der Waals surface area contributed by atoms with Crippen molar-refractivity contribution < 1.29 is 14.3 Å². The minimum atomic E-state index is -0.726. The largest absolute Gasteiger partial charge is 0.465 e. The van der Waals surface area contributed by atoms with Gasteiger partial charge in [0.1, 0.15) is 5.54 Å². The molecule has 0 aliphatic rings. The van der Waals surface area contributed by atoms with Crippen molar-refractivity contribution in [1.29, 1.82) is 0 Å². The van der Waals surface area contributed by atoms with E-state index >= 15 is 0 Å². The van der Waals surface area contributed by atoms with Gasteiger partial charge in [-0.25, -0.2) is 0 Å². The highest BCUT2D eigenvalue weighted by molar-refractivity contribution is 5.80. The van der Waals surface area contributed by atoms with E-state index in [2.05, 4.69) is 5.32 Å². The lowest BCUT2D eigenvalue weighted by Gasteiger charge is -2.28. The van der Waals surface area contributed by atoms with Crippen molar-refractivity contribution in [1.82, 2.24) is 5.32 Å². The van der Waals surface area contributed by atoms with Gasteiger partial charge in [0.25, 0.3) is 0 Å². The van der Waals surface area contributed by atoms with E-state index in [1.54, 1.807) is 7.11 Å². The Labute approximate surface area is 115 Å². The lowest BCUT2D eigenvalue weighted by molar-refractivity contribution is -0.150. The highest BCUT2D eigenvalue weighted by Gasteiger charge is 2.34. The molecule has 0 aliphatic carbocycles. The minimum absolute atomic E-state index is 0.227. The third-order valence-corrected chi connectivity index (χ3v) is 2.95. The molecule has 0 saturated carbocycles. The van der Waals surface area contributed by atoms with Gasteiger partial charge in [0.05, 0.1) is 13.2 Å². The van der Waals surface area contributed by atoms with Gasteiger partial charge in [0.2, 0.25) is 0 Å². The highest BCUT2D eigenvalue weighted by Crippen LogP contribution is 2.15. The summed E-state index contributed by atoms with van der Waals surface area (Å²) in [5, 5.41) is 3.23. The number of carbonyl (C=O) groups is 1. The summed E-state index contributed by atoms with van der Waals surface area (Å²) in [5.41, 5.74) is 0.374. The first-order chi connectivity index (χ1) is 9.12. The molecule has 1 aromatic rings. The van der Waals surface area contributed by atoms with Crippen LogP contribution in [0.3, 0.4) is 0 Å². The number of hydrogen-bond acceptors (Lipinski definition) is 4. The number of nitrogens with one attached hydrogen (secondary N) is 1. The van der Waals surface area contributed by atoms with E-state index in [4.69, 9.17) is 9.47 Å². The van der Waals surface area contributed by atoms with Crippen molar-refractivity contribution in [3.05, 3.63) is 35.9 Å². The summed E-state index contributed by atoms with van der Waals surface area (Å²) in [4.78, 5) is 12.1. The Morgan fingerprint density at radius 2 is 2.00 bits per heavy atom. The average Bonchev–Trinajstić information content (AvgIpc) is 2.40. The van der Waals surface area contributed by atoms with Crippen LogP contribution in [0.1, 0.15) is 19.4 Å². The van der Waals surface area contributed by atoms with Gasteiger partial charge >= 0.3 is 5.97 Å². The van der Waals surface area contributed by atoms with Crippen LogP contribution in [0.15, 0.2) is 30.3 Å². The zero-order valence-electron chi connectivity index (χ0n) is 11.9. The Hall–Kier alpha value is -1.39. The molecule has 0 heterocycles. The summed E-state index contributed by atoms with van der Waals surface area (Å²) in [6, 6.07) is 9.92. The van der Waals surface area contributed by atoms with E-state index in [1.807, 2.05) is 44.2 Å². The van der Waals surface area contributed by atoms with E-state index in [9.17, 15) is 4.79 Å². The first-order valence-electron chi connectivity index (χ1n) is 6.57. The zero-order chi connectivity index (χ0) is 14.1. The summed E-state index contributed by atoms with van der Waals surface area (Å²) < 4.78 is 10.2. The standard InChI is InChI=1S/C15H23NO3/c1-4-19-14(17)15(2,16-10-11-18-3)12-13-8-6-5-7-9-13/h5-9,16H,4,10-12H2,1-3H3. The first kappa shape index (κ1) is 15.7. The van der Waals surface area contributed by atoms with Crippen LogP contribution >= 0.6 is 0 Å². The fraction of sp³-hybridized carbons (Fsp3) is 0.533. The Morgan fingerprint density at radius 1 is 1.32 bits per heavy atom. The summed E-state index contributed by atoms with van der Waals surface area (Å²) in [6.07, 6.45) is 0.594. The third-order valence-electron chi connectivity index (χ3n) is 2.95. The maximum Gasteiger partial charge on any atom is 0.326 e. The molecule has 0 spiro atoms. The first-order valence-corrected chi connectivity index (χ1v) is 6.57. The smallest absolute Gasteiger partial charge is 0.326 e. The lowest BCUT2D eigenvalue weighted by atomic mass is 9.92. The predicted octanol–water partition coefficient (Wildman–Crippen LogP) is 1.79. The second-order valence-electron chi connectivity index (χ2n) is 4.63. The molecule has 1 unspecified atom stereocenters. The monoisotopic (exact) mass is 265 g/mol. The van der Waals surface area contributed by atoms with E-state index in [-0.39, 0.29) is 5.97 Å². The highest BCUT2D eigenvalue weighted by atomic mass is 16.5. The SMILES string of the molecule is CCOC(=O)C(C)(Cc1ccccc1)NCCOC. The van der Waals surface area contributed by atoms with Gasteiger partial charge in [-0.05, 0) is 19.4 Å². The third kappa shape index (κ3) is 5.01. The summed E-state index contributed by atoms with van der Waals surface area (Å²) in [5.74, 6) is -0.227. The van der Waals surface area contributed by atoms with Gasteiger partial charge in [0, 0.05) is 20.1 Å². The van der Waals surface area contributed by atoms with Crippen molar-refractivity contribution in [2.45, 2.75) is 25.8 Å². The maximum absolute atomic E-state index is 12.1. The summed E-state index contributed by atoms with van der Waals surface area (Å²) >= 11 is 0. The average molecular weight is 265 g/mol. The van der Waals surface area contributed by atoms with Gasteiger partial charge in [-0.2, -0.15) is 0 Å². The summed E-state index contributed by atoms with van der Waals surface area (Å²) in [7, 11) is 1.64.